The van der Waals surface area contributed by atoms with Gasteiger partial charge >= 0.3 is 0 Å². The Balaban J connectivity index is 1.98. The minimum absolute atomic E-state index is 0.0943. The molecule has 1 N–H and O–H groups in total. The Morgan fingerprint density at radius 1 is 1.21 bits per heavy atom. The largest absolute Gasteiger partial charge is 0.343 e. The quantitative estimate of drug-likeness (QED) is 0.789. The Morgan fingerprint density at radius 2 is 1.92 bits per heavy atom. The number of benzene rings is 1. The molecule has 1 aromatic carbocycles. The van der Waals surface area contributed by atoms with Crippen LogP contribution in [0.25, 0.3) is 5.65 Å². The smallest absolute Gasteiger partial charge is 0.255 e. The van der Waals surface area contributed by atoms with Gasteiger partial charge in [-0.1, -0.05) is 37.3 Å². The van der Waals surface area contributed by atoms with Gasteiger partial charge in [0.1, 0.15) is 5.65 Å². The van der Waals surface area contributed by atoms with Gasteiger partial charge in [0, 0.05) is 17.6 Å². The van der Waals surface area contributed by atoms with Crippen LogP contribution in [-0.4, -0.2) is 15.3 Å². The van der Waals surface area contributed by atoms with E-state index >= 15 is 0 Å². The summed E-state index contributed by atoms with van der Waals surface area (Å²) in [7, 11) is 0. The molecule has 0 aliphatic rings. The van der Waals surface area contributed by atoms with E-state index < -0.39 is 5.54 Å². The van der Waals surface area contributed by atoms with Crippen molar-refractivity contribution < 1.29 is 4.79 Å². The molecule has 0 aliphatic heterocycles. The number of nitrogens with one attached hydrogen (secondary N) is 1. The molecular weight excluding hydrogens is 298 g/mol. The molecule has 4 heteroatoms. The van der Waals surface area contributed by atoms with Gasteiger partial charge in [-0.3, -0.25) is 4.79 Å². The second kappa shape index (κ2) is 6.11. The first-order valence-electron chi connectivity index (χ1n) is 8.28. The fraction of sp³-hybridized carbons (Fsp3) is 0.300. The van der Waals surface area contributed by atoms with E-state index in [4.69, 9.17) is 0 Å². The highest BCUT2D eigenvalue weighted by molar-refractivity contribution is 6.00. The van der Waals surface area contributed by atoms with E-state index in [1.165, 1.54) is 0 Å². The second-order valence-electron chi connectivity index (χ2n) is 6.47. The summed E-state index contributed by atoms with van der Waals surface area (Å²) in [6, 6.07) is 13.9. The van der Waals surface area contributed by atoms with Crippen molar-refractivity contribution in [2.24, 2.45) is 0 Å². The highest BCUT2D eigenvalue weighted by Gasteiger charge is 2.28. The van der Waals surface area contributed by atoms with Crippen LogP contribution in [0.1, 0.15) is 47.6 Å². The van der Waals surface area contributed by atoms with Gasteiger partial charge in [0.25, 0.3) is 5.91 Å². The van der Waals surface area contributed by atoms with Crippen molar-refractivity contribution in [3.05, 3.63) is 71.2 Å². The van der Waals surface area contributed by atoms with Crippen LogP contribution in [0, 0.1) is 13.8 Å². The number of aromatic nitrogens is 2. The lowest BCUT2D eigenvalue weighted by atomic mass is 9.89. The standard InChI is InChI=1S/C20H23N3O/c1-5-20(4,16-9-7-6-8-10-16)22-19(24)17-11-12-23-15(3)13-14(2)21-18(17)23/h6-13H,5H2,1-4H3,(H,22,24). The van der Waals surface area contributed by atoms with Crippen LogP contribution in [0.15, 0.2) is 48.7 Å². The van der Waals surface area contributed by atoms with Crippen LogP contribution in [0.5, 0.6) is 0 Å². The summed E-state index contributed by atoms with van der Waals surface area (Å²) in [5, 5.41) is 3.20. The number of rotatable bonds is 4. The van der Waals surface area contributed by atoms with E-state index in [-0.39, 0.29) is 5.91 Å². The highest BCUT2D eigenvalue weighted by atomic mass is 16.1. The Kier molecular flexibility index (Phi) is 4.14. The van der Waals surface area contributed by atoms with E-state index in [0.717, 1.165) is 23.4 Å². The average Bonchev–Trinajstić information content (AvgIpc) is 2.99. The Bertz CT molecular complexity index is 883. The Labute approximate surface area is 142 Å². The number of carbonyl (C=O) groups excluding carboxylic acids is 1. The number of amides is 1. The van der Waals surface area contributed by atoms with Gasteiger partial charge in [-0.25, -0.2) is 4.98 Å². The summed E-state index contributed by atoms with van der Waals surface area (Å²) in [4.78, 5) is 17.5. The summed E-state index contributed by atoms with van der Waals surface area (Å²) in [5.41, 5.74) is 3.98. The Hall–Kier alpha value is -2.62. The zero-order chi connectivity index (χ0) is 17.3. The fourth-order valence-electron chi connectivity index (χ4n) is 3.06. The normalized spacial score (nSPS) is 13.7. The van der Waals surface area contributed by atoms with Crippen molar-refractivity contribution in [2.45, 2.75) is 39.7 Å². The lowest BCUT2D eigenvalue weighted by molar-refractivity contribution is 0.0903. The van der Waals surface area contributed by atoms with Crippen LogP contribution in [0.3, 0.4) is 0 Å². The van der Waals surface area contributed by atoms with Crippen LogP contribution < -0.4 is 5.32 Å². The maximum absolute atomic E-state index is 12.9. The van der Waals surface area contributed by atoms with Crippen LogP contribution >= 0.6 is 0 Å². The maximum Gasteiger partial charge on any atom is 0.255 e. The van der Waals surface area contributed by atoms with E-state index in [1.54, 1.807) is 0 Å². The number of hydrogen-bond acceptors (Lipinski definition) is 2. The maximum atomic E-state index is 12.9. The van der Waals surface area contributed by atoms with Crippen LogP contribution in [0.2, 0.25) is 0 Å². The highest BCUT2D eigenvalue weighted by Crippen LogP contribution is 2.25. The third-order valence-corrected chi connectivity index (χ3v) is 4.69. The number of aryl methyl sites for hydroxylation is 2. The van der Waals surface area contributed by atoms with Crippen molar-refractivity contribution in [1.82, 2.24) is 14.7 Å². The predicted octanol–water partition coefficient (Wildman–Crippen LogP) is 4.01. The molecule has 3 rings (SSSR count). The van der Waals surface area contributed by atoms with E-state index in [9.17, 15) is 4.79 Å². The molecular formula is C20H23N3O. The molecule has 24 heavy (non-hydrogen) atoms. The number of carbonyl (C=O) groups is 1. The number of nitrogens with zero attached hydrogens (tertiary/aromatic N) is 2. The van der Waals surface area contributed by atoms with Crippen molar-refractivity contribution >= 4 is 11.6 Å². The number of hydrogen-bond donors (Lipinski definition) is 1. The molecule has 0 saturated heterocycles. The fourth-order valence-corrected chi connectivity index (χ4v) is 3.06. The molecule has 3 aromatic rings. The lowest BCUT2D eigenvalue weighted by Gasteiger charge is -2.30. The third kappa shape index (κ3) is 2.80. The van der Waals surface area contributed by atoms with Crippen molar-refractivity contribution in [3.8, 4) is 0 Å². The molecule has 0 aliphatic carbocycles. The van der Waals surface area contributed by atoms with E-state index in [0.29, 0.717) is 11.2 Å². The van der Waals surface area contributed by atoms with Gasteiger partial charge in [0.05, 0.1) is 11.1 Å². The van der Waals surface area contributed by atoms with E-state index in [2.05, 4.69) is 24.1 Å². The first kappa shape index (κ1) is 16.2. The molecule has 0 spiro atoms. The minimum Gasteiger partial charge on any atom is -0.343 e. The van der Waals surface area contributed by atoms with E-state index in [1.807, 2.05) is 66.9 Å². The molecule has 1 unspecified atom stereocenters. The van der Waals surface area contributed by atoms with Crippen molar-refractivity contribution in [2.75, 3.05) is 0 Å². The summed E-state index contributed by atoms with van der Waals surface area (Å²) in [5.74, 6) is -0.0943. The van der Waals surface area contributed by atoms with Gasteiger partial charge < -0.3 is 9.72 Å². The Morgan fingerprint density at radius 3 is 2.58 bits per heavy atom. The van der Waals surface area contributed by atoms with Gasteiger partial charge in [0.2, 0.25) is 0 Å². The average molecular weight is 321 g/mol. The van der Waals surface area contributed by atoms with Crippen molar-refractivity contribution in [1.29, 1.82) is 0 Å². The van der Waals surface area contributed by atoms with Crippen LogP contribution in [0.4, 0.5) is 0 Å². The number of fused-ring (bicyclic) bond motifs is 1. The predicted molar refractivity (Wildman–Crippen MR) is 96.2 cm³/mol. The molecule has 0 bridgehead atoms. The van der Waals surface area contributed by atoms with Gasteiger partial charge in [-0.2, -0.15) is 0 Å². The molecule has 2 heterocycles. The van der Waals surface area contributed by atoms with Crippen molar-refractivity contribution in [3.63, 3.8) is 0 Å². The first-order chi connectivity index (χ1) is 11.4. The molecule has 2 aromatic heterocycles. The zero-order valence-corrected chi connectivity index (χ0v) is 14.6. The molecule has 0 fully saturated rings. The lowest BCUT2D eigenvalue weighted by Crippen LogP contribution is -2.43. The monoisotopic (exact) mass is 321 g/mol. The molecule has 124 valence electrons. The third-order valence-electron chi connectivity index (χ3n) is 4.69. The van der Waals surface area contributed by atoms with Gasteiger partial charge in [0.15, 0.2) is 0 Å². The van der Waals surface area contributed by atoms with Crippen LogP contribution in [-0.2, 0) is 5.54 Å². The molecule has 1 amide bonds. The first-order valence-corrected chi connectivity index (χ1v) is 8.28. The molecule has 1 atom stereocenters. The van der Waals surface area contributed by atoms with Gasteiger partial charge in [-0.05, 0) is 44.9 Å². The van der Waals surface area contributed by atoms with Gasteiger partial charge in [-0.15, -0.1) is 0 Å². The zero-order valence-electron chi connectivity index (χ0n) is 14.6. The molecule has 0 saturated carbocycles. The SMILES string of the molecule is CCC(C)(NC(=O)c1ccn2c(C)cc(C)nc12)c1ccccc1. The summed E-state index contributed by atoms with van der Waals surface area (Å²) in [6.45, 7) is 8.10. The summed E-state index contributed by atoms with van der Waals surface area (Å²) in [6.07, 6.45) is 2.71. The molecule has 4 nitrogen and oxygen atoms in total. The molecule has 0 radical (unpaired) electrons. The minimum atomic E-state index is -0.411. The topological polar surface area (TPSA) is 46.4 Å². The second-order valence-corrected chi connectivity index (χ2v) is 6.47. The summed E-state index contributed by atoms with van der Waals surface area (Å²) < 4.78 is 1.95. The summed E-state index contributed by atoms with van der Waals surface area (Å²) >= 11 is 0.